The van der Waals surface area contributed by atoms with Crippen molar-refractivity contribution in [3.63, 3.8) is 0 Å². The van der Waals surface area contributed by atoms with E-state index in [4.69, 9.17) is 8.83 Å². The fourth-order valence-corrected chi connectivity index (χ4v) is 3.11. The highest BCUT2D eigenvalue weighted by Gasteiger charge is 2.16. The maximum atomic E-state index is 12.0. The summed E-state index contributed by atoms with van der Waals surface area (Å²) in [6.07, 6.45) is 0. The Morgan fingerprint density at radius 3 is 2.44 bits per heavy atom. The van der Waals surface area contributed by atoms with E-state index in [9.17, 15) is 9.90 Å². The predicted octanol–water partition coefficient (Wildman–Crippen LogP) is 4.37. The normalized spacial score (nSPS) is 11.3. The monoisotopic (exact) mass is 356 g/mol. The lowest BCUT2D eigenvalue weighted by molar-refractivity contribution is 0.466. The fourth-order valence-electron chi connectivity index (χ4n) is 3.11. The molecule has 0 atom stereocenters. The summed E-state index contributed by atoms with van der Waals surface area (Å²) >= 11 is 0. The molecule has 0 unspecified atom stereocenters. The number of hydrogen-bond acceptors (Lipinski definition) is 6. The number of phenolic OH excluding ortho intramolecular Hbond substituents is 1. The van der Waals surface area contributed by atoms with Crippen LogP contribution >= 0.6 is 0 Å². The summed E-state index contributed by atoms with van der Waals surface area (Å²) in [5.74, 6) is 0.264. The predicted molar refractivity (Wildman–Crippen MR) is 100 cm³/mol. The standard InChI is InChI=1S/C21H12N2O4/c24-16-8-4-3-7-14(16)19-22-21(25)23-20(27-19)18-11-15-13-6-2-1-5-12(13)9-10-17(15)26-18/h1-11,24H. The lowest BCUT2D eigenvalue weighted by Crippen LogP contribution is -2.11. The first kappa shape index (κ1) is 15.3. The van der Waals surface area contributed by atoms with E-state index in [0.29, 0.717) is 16.9 Å². The number of fused-ring (bicyclic) bond motifs is 3. The summed E-state index contributed by atoms with van der Waals surface area (Å²) in [5.41, 5.74) is 0.244. The molecule has 0 saturated carbocycles. The molecule has 0 bridgehead atoms. The molecular weight excluding hydrogens is 344 g/mol. The van der Waals surface area contributed by atoms with Crippen LogP contribution in [-0.4, -0.2) is 15.1 Å². The molecule has 5 rings (SSSR count). The van der Waals surface area contributed by atoms with Crippen LogP contribution in [0.1, 0.15) is 0 Å². The van der Waals surface area contributed by atoms with Crippen molar-refractivity contribution < 1.29 is 13.9 Å². The zero-order valence-electron chi connectivity index (χ0n) is 13.9. The molecule has 3 aromatic carbocycles. The average molecular weight is 356 g/mol. The Labute approximate surface area is 152 Å². The van der Waals surface area contributed by atoms with Gasteiger partial charge in [0.15, 0.2) is 5.76 Å². The molecule has 130 valence electrons. The van der Waals surface area contributed by atoms with Crippen molar-refractivity contribution in [3.8, 4) is 28.9 Å². The van der Waals surface area contributed by atoms with Crippen LogP contribution in [-0.2, 0) is 0 Å². The number of rotatable bonds is 2. The van der Waals surface area contributed by atoms with E-state index >= 15 is 0 Å². The van der Waals surface area contributed by atoms with Crippen LogP contribution < -0.4 is 5.69 Å². The molecule has 0 aliphatic rings. The van der Waals surface area contributed by atoms with Gasteiger partial charge in [-0.1, -0.05) is 42.5 Å². The first-order valence-electron chi connectivity index (χ1n) is 8.28. The minimum Gasteiger partial charge on any atom is -0.507 e. The average Bonchev–Trinajstić information content (AvgIpc) is 3.13. The number of phenols is 1. The van der Waals surface area contributed by atoms with Gasteiger partial charge < -0.3 is 13.9 Å². The number of para-hydroxylation sites is 1. The largest absolute Gasteiger partial charge is 0.507 e. The highest BCUT2D eigenvalue weighted by molar-refractivity contribution is 6.06. The molecule has 2 aromatic heterocycles. The van der Waals surface area contributed by atoms with Gasteiger partial charge in [-0.3, -0.25) is 0 Å². The zero-order valence-corrected chi connectivity index (χ0v) is 13.9. The molecule has 0 amide bonds. The maximum Gasteiger partial charge on any atom is 0.373 e. The lowest BCUT2D eigenvalue weighted by Gasteiger charge is -2.02. The second-order valence-corrected chi connectivity index (χ2v) is 6.04. The van der Waals surface area contributed by atoms with Crippen molar-refractivity contribution in [3.05, 3.63) is 77.2 Å². The van der Waals surface area contributed by atoms with Crippen molar-refractivity contribution in [2.75, 3.05) is 0 Å². The molecule has 0 saturated heterocycles. The quantitative estimate of drug-likeness (QED) is 0.505. The molecule has 0 spiro atoms. The number of aromatic nitrogens is 2. The summed E-state index contributed by atoms with van der Waals surface area (Å²) in [7, 11) is 0. The smallest absolute Gasteiger partial charge is 0.373 e. The number of aromatic hydroxyl groups is 1. The topological polar surface area (TPSA) is 89.4 Å². The Hall–Kier alpha value is -3.93. The van der Waals surface area contributed by atoms with E-state index in [2.05, 4.69) is 9.97 Å². The number of benzene rings is 3. The van der Waals surface area contributed by atoms with Crippen LogP contribution in [0.15, 0.2) is 80.4 Å². The Kier molecular flexibility index (Phi) is 3.30. The van der Waals surface area contributed by atoms with Crippen molar-refractivity contribution in [2.24, 2.45) is 0 Å². The van der Waals surface area contributed by atoms with Crippen molar-refractivity contribution in [2.45, 2.75) is 0 Å². The Balaban J connectivity index is 1.72. The van der Waals surface area contributed by atoms with Gasteiger partial charge in [0.25, 0.3) is 5.89 Å². The SMILES string of the molecule is O=c1nc(-c2cc3c(ccc4ccccc43)o2)oc(-c2ccccc2O)n1. The van der Waals surface area contributed by atoms with Crippen LogP contribution in [0.5, 0.6) is 5.75 Å². The maximum absolute atomic E-state index is 12.0. The number of hydrogen-bond donors (Lipinski definition) is 1. The second kappa shape index (κ2) is 5.81. The van der Waals surface area contributed by atoms with E-state index in [1.165, 1.54) is 6.07 Å². The first-order valence-corrected chi connectivity index (χ1v) is 8.28. The molecule has 1 N–H and O–H groups in total. The van der Waals surface area contributed by atoms with Crippen molar-refractivity contribution in [1.82, 2.24) is 9.97 Å². The van der Waals surface area contributed by atoms with E-state index in [1.807, 2.05) is 36.4 Å². The summed E-state index contributed by atoms with van der Waals surface area (Å²) in [4.78, 5) is 19.6. The van der Waals surface area contributed by atoms with Gasteiger partial charge in [-0.25, -0.2) is 4.79 Å². The van der Waals surface area contributed by atoms with Gasteiger partial charge in [-0.05, 0) is 35.0 Å². The molecule has 6 heteroatoms. The van der Waals surface area contributed by atoms with Crippen LogP contribution in [0, 0.1) is 0 Å². The summed E-state index contributed by atoms with van der Waals surface area (Å²) in [5, 5.41) is 13.0. The minimum atomic E-state index is -0.722. The highest BCUT2D eigenvalue weighted by atomic mass is 16.4. The van der Waals surface area contributed by atoms with E-state index in [0.717, 1.165) is 16.2 Å². The third kappa shape index (κ3) is 2.55. The van der Waals surface area contributed by atoms with Gasteiger partial charge >= 0.3 is 5.69 Å². The summed E-state index contributed by atoms with van der Waals surface area (Å²) in [6, 6.07) is 20.0. The van der Waals surface area contributed by atoms with E-state index < -0.39 is 5.69 Å². The van der Waals surface area contributed by atoms with E-state index in [1.54, 1.807) is 24.3 Å². The number of nitrogens with zero attached hydrogens (tertiary/aromatic N) is 2. The van der Waals surface area contributed by atoms with Gasteiger partial charge in [-0.2, -0.15) is 9.97 Å². The first-order chi connectivity index (χ1) is 13.2. The van der Waals surface area contributed by atoms with Crippen LogP contribution in [0.25, 0.3) is 44.8 Å². The summed E-state index contributed by atoms with van der Waals surface area (Å²) < 4.78 is 11.5. The van der Waals surface area contributed by atoms with Gasteiger partial charge in [0.2, 0.25) is 5.89 Å². The van der Waals surface area contributed by atoms with Crippen LogP contribution in [0.2, 0.25) is 0 Å². The minimum absolute atomic E-state index is 0.00790. The molecule has 0 radical (unpaired) electrons. The van der Waals surface area contributed by atoms with Gasteiger partial charge in [-0.15, -0.1) is 0 Å². The van der Waals surface area contributed by atoms with Crippen LogP contribution in [0.3, 0.4) is 0 Å². The summed E-state index contributed by atoms with van der Waals surface area (Å²) in [6.45, 7) is 0. The Morgan fingerprint density at radius 1 is 0.778 bits per heavy atom. The lowest BCUT2D eigenvalue weighted by atomic mass is 10.1. The third-order valence-electron chi connectivity index (χ3n) is 4.36. The molecule has 0 aliphatic heterocycles. The van der Waals surface area contributed by atoms with Gasteiger partial charge in [0, 0.05) is 5.39 Å². The molecule has 27 heavy (non-hydrogen) atoms. The molecule has 0 fully saturated rings. The molecule has 0 aliphatic carbocycles. The number of furan rings is 1. The molecular formula is C21H12N2O4. The molecule has 6 nitrogen and oxygen atoms in total. The Morgan fingerprint density at radius 2 is 1.56 bits per heavy atom. The fraction of sp³-hybridized carbons (Fsp3) is 0. The molecule has 2 heterocycles. The Bertz CT molecular complexity index is 1370. The zero-order chi connectivity index (χ0) is 18.4. The van der Waals surface area contributed by atoms with Gasteiger partial charge in [0.1, 0.15) is 11.3 Å². The van der Waals surface area contributed by atoms with Crippen molar-refractivity contribution >= 4 is 21.7 Å². The molecule has 5 aromatic rings. The second-order valence-electron chi connectivity index (χ2n) is 6.04. The van der Waals surface area contributed by atoms with Crippen molar-refractivity contribution in [1.29, 1.82) is 0 Å². The highest BCUT2D eigenvalue weighted by Crippen LogP contribution is 2.33. The van der Waals surface area contributed by atoms with Crippen LogP contribution in [0.4, 0.5) is 0 Å². The van der Waals surface area contributed by atoms with E-state index in [-0.39, 0.29) is 17.5 Å². The third-order valence-corrected chi connectivity index (χ3v) is 4.36. The van der Waals surface area contributed by atoms with Gasteiger partial charge in [0.05, 0.1) is 5.56 Å².